The first-order valence-electron chi connectivity index (χ1n) is 13.8. The number of anilines is 1. The average molecular weight is 614 g/mol. The molecule has 3 atom stereocenters. The normalized spacial score (nSPS) is 22.5. The van der Waals surface area contributed by atoms with Gasteiger partial charge in [0.2, 0.25) is 11.8 Å². The van der Waals surface area contributed by atoms with Crippen molar-refractivity contribution in [1.29, 1.82) is 0 Å². The predicted octanol–water partition coefficient (Wildman–Crippen LogP) is 7.72. The van der Waals surface area contributed by atoms with Gasteiger partial charge in [-0.3, -0.25) is 14.5 Å². The van der Waals surface area contributed by atoms with E-state index >= 15 is 4.79 Å². The molecule has 5 rings (SSSR count). The van der Waals surface area contributed by atoms with Gasteiger partial charge < -0.3 is 9.64 Å². The monoisotopic (exact) mass is 612 g/mol. The van der Waals surface area contributed by atoms with E-state index in [-0.39, 0.29) is 25.0 Å². The van der Waals surface area contributed by atoms with E-state index in [1.54, 1.807) is 41.1 Å². The van der Waals surface area contributed by atoms with Crippen molar-refractivity contribution in [2.75, 3.05) is 25.3 Å². The molecule has 1 saturated heterocycles. The number of piperidine rings is 1. The molecule has 2 amide bonds. The van der Waals surface area contributed by atoms with Crippen LogP contribution in [0.25, 0.3) is 0 Å². The Bertz CT molecular complexity index is 1510. The molecule has 5 nitrogen and oxygen atoms in total. The molecule has 3 aromatic carbocycles. The summed E-state index contributed by atoms with van der Waals surface area (Å²) in [5.41, 5.74) is 2.24. The first-order chi connectivity index (χ1) is 19.3. The summed E-state index contributed by atoms with van der Waals surface area (Å²) in [6, 6.07) is 17.5. The molecule has 0 aliphatic carbocycles. The number of carbonyl (C=O) groups excluding carboxylic acids is 2. The van der Waals surface area contributed by atoms with Gasteiger partial charge in [-0.25, -0.2) is 4.39 Å². The van der Waals surface area contributed by atoms with Crippen LogP contribution in [0.2, 0.25) is 35.7 Å². The van der Waals surface area contributed by atoms with Crippen molar-refractivity contribution in [3.63, 3.8) is 0 Å². The van der Waals surface area contributed by atoms with Gasteiger partial charge in [0.1, 0.15) is 18.0 Å². The smallest absolute Gasteiger partial charge is 0.242 e. The summed E-state index contributed by atoms with van der Waals surface area (Å²) in [4.78, 5) is 32.0. The van der Waals surface area contributed by atoms with Crippen LogP contribution >= 0.6 is 23.2 Å². The van der Waals surface area contributed by atoms with E-state index in [0.717, 1.165) is 22.7 Å². The van der Waals surface area contributed by atoms with Crippen molar-refractivity contribution in [1.82, 2.24) is 4.90 Å². The van der Waals surface area contributed by atoms with Gasteiger partial charge in [-0.05, 0) is 71.6 Å². The molecule has 3 aromatic rings. The van der Waals surface area contributed by atoms with Crippen LogP contribution in [0.15, 0.2) is 60.7 Å². The number of hydrogen-bond acceptors (Lipinski definition) is 3. The zero-order valence-corrected chi connectivity index (χ0v) is 26.5. The summed E-state index contributed by atoms with van der Waals surface area (Å²) < 4.78 is 21.0. The molecule has 0 saturated carbocycles. The Hall–Kier alpha value is -2.71. The van der Waals surface area contributed by atoms with E-state index in [4.69, 9.17) is 27.9 Å². The number of hydrogen-bond donors (Lipinski definition) is 0. The fraction of sp³-hybridized carbons (Fsp3) is 0.375. The highest BCUT2D eigenvalue weighted by atomic mass is 35.5. The molecule has 1 fully saturated rings. The molecule has 0 unspecified atom stereocenters. The van der Waals surface area contributed by atoms with Crippen molar-refractivity contribution < 1.29 is 18.7 Å². The van der Waals surface area contributed by atoms with E-state index in [9.17, 15) is 9.18 Å². The van der Waals surface area contributed by atoms with E-state index in [1.165, 1.54) is 12.1 Å². The maximum absolute atomic E-state index is 15.1. The molecule has 41 heavy (non-hydrogen) atoms. The Morgan fingerprint density at radius 2 is 1.76 bits per heavy atom. The van der Waals surface area contributed by atoms with Gasteiger partial charge in [0.05, 0.1) is 11.7 Å². The Morgan fingerprint density at radius 1 is 1.02 bits per heavy atom. The molecule has 9 heteroatoms. The van der Waals surface area contributed by atoms with Gasteiger partial charge in [0.15, 0.2) is 0 Å². The van der Waals surface area contributed by atoms with Crippen LogP contribution in [-0.2, 0) is 19.7 Å². The molecule has 2 aliphatic heterocycles. The lowest BCUT2D eigenvalue weighted by Crippen LogP contribution is -2.58. The Morgan fingerprint density at radius 3 is 2.46 bits per heavy atom. The third kappa shape index (κ3) is 5.34. The van der Waals surface area contributed by atoms with Gasteiger partial charge in [0, 0.05) is 44.1 Å². The maximum atomic E-state index is 15.1. The van der Waals surface area contributed by atoms with Gasteiger partial charge in [-0.15, -0.1) is 0 Å². The molecule has 0 radical (unpaired) electrons. The summed E-state index contributed by atoms with van der Waals surface area (Å²) in [7, 11) is 0.341. The number of aryl methyl sites for hydroxylation is 1. The van der Waals surface area contributed by atoms with Crippen LogP contribution in [0.1, 0.15) is 40.6 Å². The van der Waals surface area contributed by atoms with Crippen molar-refractivity contribution in [2.45, 2.75) is 56.4 Å². The molecular weight excluding hydrogens is 578 g/mol. The lowest BCUT2D eigenvalue weighted by atomic mass is 9.58. The summed E-state index contributed by atoms with van der Waals surface area (Å²) in [6.07, 6.45) is 0.0832. The fourth-order valence-electron chi connectivity index (χ4n) is 6.37. The number of ether oxygens (including phenoxy) is 1. The van der Waals surface area contributed by atoms with E-state index in [0.29, 0.717) is 27.9 Å². The standard InChI is InChI=1S/C32H35Cl2FN2O3Si/c1-20-9-11-24(35)17-25(20)30-32(27(18-29(38)36(30)2)21-7-6-8-22(33)15-21)26-12-10-23(34)16-28(26)37(31(32)39)19-40-13-14-41(3,4)5/h6-12,15-17,27,30H,13-14,18-19H2,1-5H3/t27-,30+,32-/m0/s1. The van der Waals surface area contributed by atoms with Crippen LogP contribution in [0.5, 0.6) is 0 Å². The minimum absolute atomic E-state index is 0.0488. The lowest BCUT2D eigenvalue weighted by molar-refractivity contribution is -0.144. The highest BCUT2D eigenvalue weighted by Crippen LogP contribution is 2.61. The van der Waals surface area contributed by atoms with Crippen LogP contribution in [-0.4, -0.2) is 45.2 Å². The van der Waals surface area contributed by atoms with Crippen molar-refractivity contribution in [3.05, 3.63) is 98.8 Å². The van der Waals surface area contributed by atoms with Crippen LogP contribution in [0.4, 0.5) is 10.1 Å². The highest BCUT2D eigenvalue weighted by molar-refractivity contribution is 6.76. The lowest BCUT2D eigenvalue weighted by Gasteiger charge is -2.51. The number of benzene rings is 3. The Balaban J connectivity index is 1.76. The number of fused-ring (bicyclic) bond motifs is 2. The van der Waals surface area contributed by atoms with Gasteiger partial charge in [-0.2, -0.15) is 0 Å². The Kier molecular flexibility index (Phi) is 8.11. The van der Waals surface area contributed by atoms with Crippen molar-refractivity contribution in [3.8, 4) is 0 Å². The molecule has 2 heterocycles. The summed E-state index contributed by atoms with van der Waals surface area (Å²) in [5, 5.41) is 0.995. The first kappa shape index (κ1) is 29.8. The van der Waals surface area contributed by atoms with E-state index < -0.39 is 31.3 Å². The molecule has 1 spiro atoms. The summed E-state index contributed by atoms with van der Waals surface area (Å²) in [5.74, 6) is -1.35. The quantitative estimate of drug-likeness (QED) is 0.203. The second kappa shape index (κ2) is 11.2. The SMILES string of the molecule is Cc1ccc(F)cc1[C@H]1N(C)C(=O)C[C@@H](c2cccc(Cl)c2)[C@]12C(=O)N(COCC[Si](C)(C)C)c1cc(Cl)ccc12. The van der Waals surface area contributed by atoms with Gasteiger partial charge in [-0.1, -0.05) is 67.1 Å². The van der Waals surface area contributed by atoms with Gasteiger partial charge >= 0.3 is 0 Å². The highest BCUT2D eigenvalue weighted by Gasteiger charge is 2.65. The summed E-state index contributed by atoms with van der Waals surface area (Å²) in [6.45, 7) is 9.29. The Labute approximate surface area is 252 Å². The maximum Gasteiger partial charge on any atom is 0.242 e. The molecule has 0 N–H and O–H groups in total. The van der Waals surface area contributed by atoms with E-state index in [2.05, 4.69) is 19.6 Å². The number of halogens is 3. The van der Waals surface area contributed by atoms with Crippen molar-refractivity contribution in [2.24, 2.45) is 0 Å². The average Bonchev–Trinajstić information content (AvgIpc) is 3.13. The first-order valence-corrected chi connectivity index (χ1v) is 18.3. The van der Waals surface area contributed by atoms with Crippen LogP contribution < -0.4 is 4.90 Å². The third-order valence-corrected chi connectivity index (χ3v) is 10.6. The number of amides is 2. The second-order valence-electron chi connectivity index (χ2n) is 12.3. The zero-order chi connectivity index (χ0) is 29.7. The van der Waals surface area contributed by atoms with Crippen LogP contribution in [0, 0.1) is 12.7 Å². The number of likely N-dealkylation sites (N-methyl/N-ethyl adjacent to an activating group) is 1. The largest absolute Gasteiger partial charge is 0.361 e. The number of nitrogens with zero attached hydrogens (tertiary/aromatic N) is 2. The minimum Gasteiger partial charge on any atom is -0.361 e. The van der Waals surface area contributed by atoms with Gasteiger partial charge in [0.25, 0.3) is 0 Å². The number of rotatable bonds is 7. The van der Waals surface area contributed by atoms with Crippen molar-refractivity contribution >= 4 is 48.8 Å². The van der Waals surface area contributed by atoms with Crippen LogP contribution in [0.3, 0.4) is 0 Å². The second-order valence-corrected chi connectivity index (χ2v) is 18.8. The van der Waals surface area contributed by atoms with E-state index in [1.807, 2.05) is 31.2 Å². The molecule has 0 bridgehead atoms. The number of carbonyl (C=O) groups is 2. The summed E-state index contributed by atoms with van der Waals surface area (Å²) >= 11 is 13.0. The molecule has 0 aromatic heterocycles. The third-order valence-electron chi connectivity index (χ3n) is 8.44. The minimum atomic E-state index is -1.36. The molecule has 216 valence electrons. The number of likely N-dealkylation sites (tertiary alicyclic amines) is 1. The fourth-order valence-corrected chi connectivity index (χ4v) is 7.49. The topological polar surface area (TPSA) is 49.9 Å². The zero-order valence-electron chi connectivity index (χ0n) is 24.0. The molecular formula is C32H35Cl2FN2O3Si. The molecule has 2 aliphatic rings. The predicted molar refractivity (Wildman–Crippen MR) is 165 cm³/mol.